The summed E-state index contributed by atoms with van der Waals surface area (Å²) in [5.41, 5.74) is 0. The Kier molecular flexibility index (Phi) is 3.06. The number of nitrogens with zero attached hydrogens (tertiary/aromatic N) is 1. The molecule has 0 aromatic rings. The standard InChI is InChI=1S/C8H17N3O2S/c12-14(13)10-5-6-11(14)7-8-1-3-9-4-2-8/h8-10H,1-7H2. The van der Waals surface area contributed by atoms with Crippen LogP contribution in [0.1, 0.15) is 12.8 Å². The van der Waals surface area contributed by atoms with E-state index in [1.54, 1.807) is 4.31 Å². The first-order chi connectivity index (χ1) is 6.68. The van der Waals surface area contributed by atoms with Crippen LogP contribution in [0.25, 0.3) is 0 Å². The first kappa shape index (κ1) is 10.4. The van der Waals surface area contributed by atoms with Crippen LogP contribution in [-0.4, -0.2) is 45.4 Å². The maximum Gasteiger partial charge on any atom is 0.279 e. The van der Waals surface area contributed by atoms with Gasteiger partial charge in [-0.2, -0.15) is 12.7 Å². The lowest BCUT2D eigenvalue weighted by Crippen LogP contribution is -2.38. The summed E-state index contributed by atoms with van der Waals surface area (Å²) in [5, 5.41) is 3.28. The van der Waals surface area contributed by atoms with E-state index < -0.39 is 10.2 Å². The Balaban J connectivity index is 1.90. The lowest BCUT2D eigenvalue weighted by Gasteiger charge is -2.25. The monoisotopic (exact) mass is 219 g/mol. The molecule has 2 heterocycles. The van der Waals surface area contributed by atoms with Crippen LogP contribution >= 0.6 is 0 Å². The average Bonchev–Trinajstić information content (AvgIpc) is 2.48. The summed E-state index contributed by atoms with van der Waals surface area (Å²) in [6.45, 7) is 3.93. The SMILES string of the molecule is O=S1(=O)NCCN1CC1CCNCC1. The highest BCUT2D eigenvalue weighted by Crippen LogP contribution is 2.16. The summed E-state index contributed by atoms with van der Waals surface area (Å²) in [5.74, 6) is 0.533. The van der Waals surface area contributed by atoms with Crippen LogP contribution in [0.3, 0.4) is 0 Å². The lowest BCUT2D eigenvalue weighted by molar-refractivity contribution is 0.301. The fraction of sp³-hybridized carbons (Fsp3) is 1.00. The molecule has 2 fully saturated rings. The van der Waals surface area contributed by atoms with Gasteiger partial charge >= 0.3 is 0 Å². The molecule has 0 bridgehead atoms. The van der Waals surface area contributed by atoms with Crippen molar-refractivity contribution in [2.24, 2.45) is 5.92 Å². The molecule has 6 heteroatoms. The van der Waals surface area contributed by atoms with Gasteiger partial charge in [0.2, 0.25) is 0 Å². The fourth-order valence-electron chi connectivity index (χ4n) is 2.05. The Morgan fingerprint density at radius 1 is 1.21 bits per heavy atom. The van der Waals surface area contributed by atoms with Gasteiger partial charge in [-0.15, -0.1) is 0 Å². The van der Waals surface area contributed by atoms with Crippen molar-refractivity contribution in [1.82, 2.24) is 14.3 Å². The largest absolute Gasteiger partial charge is 0.317 e. The van der Waals surface area contributed by atoms with Gasteiger partial charge in [0, 0.05) is 19.6 Å². The molecule has 82 valence electrons. The predicted octanol–water partition coefficient (Wildman–Crippen LogP) is -0.864. The van der Waals surface area contributed by atoms with Gasteiger partial charge in [-0.3, -0.25) is 0 Å². The van der Waals surface area contributed by atoms with Crippen LogP contribution in [0, 0.1) is 5.92 Å². The molecule has 14 heavy (non-hydrogen) atoms. The van der Waals surface area contributed by atoms with E-state index in [1.165, 1.54) is 0 Å². The minimum Gasteiger partial charge on any atom is -0.317 e. The second-order valence-corrected chi connectivity index (χ2v) is 5.71. The molecule has 0 aromatic heterocycles. The van der Waals surface area contributed by atoms with Crippen LogP contribution in [0.5, 0.6) is 0 Å². The number of nitrogens with one attached hydrogen (secondary N) is 2. The molecule has 2 rings (SSSR count). The van der Waals surface area contributed by atoms with E-state index in [9.17, 15) is 8.42 Å². The molecule has 0 amide bonds. The Morgan fingerprint density at radius 2 is 1.93 bits per heavy atom. The average molecular weight is 219 g/mol. The van der Waals surface area contributed by atoms with Crippen LogP contribution in [-0.2, 0) is 10.2 Å². The third kappa shape index (κ3) is 2.25. The van der Waals surface area contributed by atoms with Crippen LogP contribution < -0.4 is 10.0 Å². The molecule has 5 nitrogen and oxygen atoms in total. The smallest absolute Gasteiger partial charge is 0.279 e. The topological polar surface area (TPSA) is 61.4 Å². The summed E-state index contributed by atoms with van der Waals surface area (Å²) in [6.07, 6.45) is 2.18. The molecular formula is C8H17N3O2S. The van der Waals surface area contributed by atoms with Gasteiger partial charge in [-0.25, -0.2) is 4.72 Å². The normalized spacial score (nSPS) is 29.4. The Bertz CT molecular complexity index is 285. The Morgan fingerprint density at radius 3 is 2.50 bits per heavy atom. The van der Waals surface area contributed by atoms with E-state index in [0.717, 1.165) is 25.9 Å². The van der Waals surface area contributed by atoms with Crippen molar-refractivity contribution >= 4 is 10.2 Å². The highest BCUT2D eigenvalue weighted by molar-refractivity contribution is 7.87. The van der Waals surface area contributed by atoms with Crippen molar-refractivity contribution in [3.8, 4) is 0 Å². The quantitative estimate of drug-likeness (QED) is 0.635. The first-order valence-corrected chi connectivity index (χ1v) is 6.58. The van der Waals surface area contributed by atoms with E-state index >= 15 is 0 Å². The molecule has 2 aliphatic rings. The second-order valence-electron chi connectivity index (χ2n) is 3.95. The molecule has 2 aliphatic heterocycles. The lowest BCUT2D eigenvalue weighted by atomic mass is 9.98. The molecule has 0 spiro atoms. The summed E-state index contributed by atoms with van der Waals surface area (Å²) >= 11 is 0. The van der Waals surface area contributed by atoms with Gasteiger partial charge in [-0.05, 0) is 31.8 Å². The number of piperidine rings is 1. The van der Waals surface area contributed by atoms with E-state index in [2.05, 4.69) is 10.0 Å². The first-order valence-electron chi connectivity index (χ1n) is 5.14. The maximum atomic E-state index is 11.4. The molecule has 0 radical (unpaired) electrons. The molecule has 0 atom stereocenters. The summed E-state index contributed by atoms with van der Waals surface area (Å²) in [4.78, 5) is 0. The van der Waals surface area contributed by atoms with Crippen LogP contribution in [0.2, 0.25) is 0 Å². The number of hydrogen-bond acceptors (Lipinski definition) is 3. The number of hydrogen-bond donors (Lipinski definition) is 2. The van der Waals surface area contributed by atoms with E-state index in [-0.39, 0.29) is 0 Å². The van der Waals surface area contributed by atoms with Gasteiger partial charge in [0.1, 0.15) is 0 Å². The fourth-order valence-corrected chi connectivity index (χ4v) is 3.32. The van der Waals surface area contributed by atoms with E-state index in [4.69, 9.17) is 0 Å². The van der Waals surface area contributed by atoms with Crippen molar-refractivity contribution in [3.63, 3.8) is 0 Å². The van der Waals surface area contributed by atoms with E-state index in [0.29, 0.717) is 25.6 Å². The molecule has 0 aromatic carbocycles. The summed E-state index contributed by atoms with van der Waals surface area (Å²) < 4.78 is 27.0. The van der Waals surface area contributed by atoms with Gasteiger partial charge in [0.05, 0.1) is 0 Å². The van der Waals surface area contributed by atoms with Crippen LogP contribution in [0.4, 0.5) is 0 Å². The van der Waals surface area contributed by atoms with Crippen molar-refractivity contribution in [1.29, 1.82) is 0 Å². The van der Waals surface area contributed by atoms with Crippen molar-refractivity contribution in [3.05, 3.63) is 0 Å². The van der Waals surface area contributed by atoms with E-state index in [1.807, 2.05) is 0 Å². The minimum absolute atomic E-state index is 0.533. The zero-order valence-corrected chi connectivity index (χ0v) is 9.02. The van der Waals surface area contributed by atoms with Gasteiger partial charge in [-0.1, -0.05) is 0 Å². The molecule has 0 saturated carbocycles. The second kappa shape index (κ2) is 4.14. The minimum atomic E-state index is -3.12. The van der Waals surface area contributed by atoms with Crippen molar-refractivity contribution < 1.29 is 8.42 Å². The zero-order valence-electron chi connectivity index (χ0n) is 8.20. The van der Waals surface area contributed by atoms with Crippen molar-refractivity contribution in [2.75, 3.05) is 32.7 Å². The van der Waals surface area contributed by atoms with Gasteiger partial charge < -0.3 is 5.32 Å². The molecule has 2 saturated heterocycles. The van der Waals surface area contributed by atoms with Gasteiger partial charge in [0.25, 0.3) is 10.2 Å². The van der Waals surface area contributed by atoms with Crippen molar-refractivity contribution in [2.45, 2.75) is 12.8 Å². The third-order valence-corrected chi connectivity index (χ3v) is 4.49. The van der Waals surface area contributed by atoms with Gasteiger partial charge in [0.15, 0.2) is 0 Å². The molecule has 0 unspecified atom stereocenters. The number of rotatable bonds is 2. The van der Waals surface area contributed by atoms with Crippen LogP contribution in [0.15, 0.2) is 0 Å². The Hall–Kier alpha value is -0.170. The highest BCUT2D eigenvalue weighted by atomic mass is 32.2. The molecule has 0 aliphatic carbocycles. The maximum absolute atomic E-state index is 11.4. The predicted molar refractivity (Wildman–Crippen MR) is 54.1 cm³/mol. The highest BCUT2D eigenvalue weighted by Gasteiger charge is 2.29. The Labute approximate surface area is 85.0 Å². The molecular weight excluding hydrogens is 202 g/mol. The summed E-state index contributed by atoms with van der Waals surface area (Å²) in [6, 6.07) is 0. The molecule has 2 N–H and O–H groups in total. The summed E-state index contributed by atoms with van der Waals surface area (Å²) in [7, 11) is -3.12. The third-order valence-electron chi connectivity index (χ3n) is 2.91. The zero-order chi connectivity index (χ0) is 10.0.